The average molecular weight is 665 g/mol. The molecule has 16 nitrogen and oxygen atoms in total. The van der Waals surface area contributed by atoms with Crippen molar-refractivity contribution in [2.75, 3.05) is 31.0 Å². The number of rotatable bonds is 10. The maximum Gasteiger partial charge on any atom is 0.289 e. The summed E-state index contributed by atoms with van der Waals surface area (Å²) in [4.78, 5) is 50.7. The first-order valence-corrected chi connectivity index (χ1v) is 16.3. The summed E-state index contributed by atoms with van der Waals surface area (Å²) in [5.74, 6) is 0.955. The zero-order chi connectivity index (χ0) is 33.3. The van der Waals surface area contributed by atoms with Crippen LogP contribution in [0, 0.1) is 16.0 Å². The molecule has 1 aliphatic heterocycles. The van der Waals surface area contributed by atoms with Gasteiger partial charge in [-0.2, -0.15) is 4.98 Å². The molecular weight excluding hydrogens is 632 g/mol. The van der Waals surface area contributed by atoms with Crippen LogP contribution in [0.3, 0.4) is 0 Å². The molecule has 2 N–H and O–H groups in total. The Hall–Kier alpha value is -5.16. The second kappa shape index (κ2) is 12.9. The fourth-order valence-corrected chi connectivity index (χ4v) is 7.59. The molecule has 1 amide bonds. The van der Waals surface area contributed by atoms with Crippen molar-refractivity contribution in [3.8, 4) is 11.5 Å². The van der Waals surface area contributed by atoms with Crippen molar-refractivity contribution in [2.24, 2.45) is 5.92 Å². The SMILES string of the molecule is COc1cnc2ccc(=O)n(CC(NS(=O)(=O)c3ccccc3[N+](=O)[O-])C3CCC(N(C)c4ncc5c(n4)NC(=O)CO5)CC3)c2c1. The molecule has 1 atom stereocenters. The zero-order valence-corrected chi connectivity index (χ0v) is 26.3. The molecule has 6 rings (SSSR count). The molecule has 0 bridgehead atoms. The first kappa shape index (κ1) is 31.8. The van der Waals surface area contributed by atoms with Gasteiger partial charge in [0.15, 0.2) is 23.1 Å². The molecule has 47 heavy (non-hydrogen) atoms. The Morgan fingerprint density at radius 2 is 1.91 bits per heavy atom. The molecule has 1 saturated carbocycles. The fourth-order valence-electron chi connectivity index (χ4n) is 6.12. The van der Waals surface area contributed by atoms with Gasteiger partial charge < -0.3 is 24.3 Å². The van der Waals surface area contributed by atoms with Crippen molar-refractivity contribution in [1.29, 1.82) is 0 Å². The number of aromatic nitrogens is 4. The highest BCUT2D eigenvalue weighted by Gasteiger charge is 2.35. The molecule has 0 saturated heterocycles. The topological polar surface area (TPSA) is 201 Å². The van der Waals surface area contributed by atoms with Gasteiger partial charge in [0.05, 0.1) is 35.5 Å². The molecule has 1 fully saturated rings. The minimum atomic E-state index is -4.39. The van der Waals surface area contributed by atoms with E-state index in [-0.39, 0.29) is 36.6 Å². The van der Waals surface area contributed by atoms with E-state index >= 15 is 0 Å². The van der Waals surface area contributed by atoms with Crippen molar-refractivity contribution >= 4 is 44.4 Å². The normalized spacial score (nSPS) is 18.5. The monoisotopic (exact) mass is 664 g/mol. The summed E-state index contributed by atoms with van der Waals surface area (Å²) in [5, 5.41) is 14.4. The standard InChI is InChI=1S/C30H32N8O8S/c1-36(30-32-15-25-29(34-30)33-27(39)17-46-25)19-9-7-18(8-10-19)22(35-47(43,44)26-6-4-3-5-23(26)38(41)42)16-37-24-13-20(45-2)14-31-21(24)11-12-28(37)40/h3-6,11-15,18-19,22,35H,7-10,16-17H2,1-2H3,(H,32,33,34,39). The Kier molecular flexibility index (Phi) is 8.74. The van der Waals surface area contributed by atoms with Crippen LogP contribution in [0.15, 0.2) is 64.5 Å². The van der Waals surface area contributed by atoms with Crippen LogP contribution >= 0.6 is 0 Å². The van der Waals surface area contributed by atoms with Crippen molar-refractivity contribution in [1.82, 2.24) is 24.2 Å². The number of hydrogen-bond acceptors (Lipinski definition) is 12. The molecule has 2 aliphatic rings. The molecule has 4 aromatic rings. The number of hydrogen-bond donors (Lipinski definition) is 2. The van der Waals surface area contributed by atoms with Gasteiger partial charge in [0, 0.05) is 43.9 Å². The van der Waals surface area contributed by atoms with E-state index in [4.69, 9.17) is 9.47 Å². The first-order valence-electron chi connectivity index (χ1n) is 14.9. The number of para-hydroxylation sites is 1. The van der Waals surface area contributed by atoms with Gasteiger partial charge in [-0.15, -0.1) is 0 Å². The lowest BCUT2D eigenvalue weighted by molar-refractivity contribution is -0.387. The lowest BCUT2D eigenvalue weighted by Crippen LogP contribution is -2.47. The van der Waals surface area contributed by atoms with E-state index in [0.717, 1.165) is 6.07 Å². The summed E-state index contributed by atoms with van der Waals surface area (Å²) in [5.41, 5.74) is 0.0620. The molecule has 1 aromatic carbocycles. The van der Waals surface area contributed by atoms with Crippen LogP contribution in [0.4, 0.5) is 17.5 Å². The number of carbonyl (C=O) groups is 1. The number of anilines is 2. The number of amides is 1. The number of nitro benzene ring substituents is 1. The van der Waals surface area contributed by atoms with Crippen molar-refractivity contribution in [3.63, 3.8) is 0 Å². The van der Waals surface area contributed by atoms with E-state index in [1.165, 1.54) is 48.3 Å². The van der Waals surface area contributed by atoms with Crippen LogP contribution in [-0.2, 0) is 21.4 Å². The minimum absolute atomic E-state index is 0.00859. The van der Waals surface area contributed by atoms with Crippen LogP contribution < -0.4 is 30.0 Å². The number of pyridine rings is 2. The summed E-state index contributed by atoms with van der Waals surface area (Å²) < 4.78 is 42.4. The molecule has 17 heteroatoms. The number of benzene rings is 1. The van der Waals surface area contributed by atoms with E-state index in [1.807, 2.05) is 11.9 Å². The van der Waals surface area contributed by atoms with Crippen LogP contribution in [0.25, 0.3) is 11.0 Å². The van der Waals surface area contributed by atoms with E-state index in [2.05, 4.69) is 25.0 Å². The second-order valence-electron chi connectivity index (χ2n) is 11.4. The largest absolute Gasteiger partial charge is 0.495 e. The van der Waals surface area contributed by atoms with Gasteiger partial charge >= 0.3 is 0 Å². The number of ether oxygens (including phenoxy) is 2. The van der Waals surface area contributed by atoms with Gasteiger partial charge in [0.1, 0.15) is 5.75 Å². The quantitative estimate of drug-likeness (QED) is 0.186. The van der Waals surface area contributed by atoms with Crippen molar-refractivity contribution in [3.05, 3.63) is 75.3 Å². The highest BCUT2D eigenvalue weighted by Crippen LogP contribution is 2.34. The summed E-state index contributed by atoms with van der Waals surface area (Å²) in [6.45, 7) is -0.156. The molecule has 1 unspecified atom stereocenters. The van der Waals surface area contributed by atoms with Gasteiger partial charge in [-0.1, -0.05) is 12.1 Å². The minimum Gasteiger partial charge on any atom is -0.495 e. The highest BCUT2D eigenvalue weighted by atomic mass is 32.2. The molecule has 4 heterocycles. The van der Waals surface area contributed by atoms with Crippen molar-refractivity contribution < 1.29 is 27.6 Å². The first-order chi connectivity index (χ1) is 22.5. The summed E-state index contributed by atoms with van der Waals surface area (Å²) in [6.07, 6.45) is 5.42. The Labute approximate surface area is 269 Å². The molecule has 3 aromatic heterocycles. The lowest BCUT2D eigenvalue weighted by atomic mass is 9.81. The lowest BCUT2D eigenvalue weighted by Gasteiger charge is -2.38. The maximum atomic E-state index is 13.7. The number of methoxy groups -OCH3 is 1. The van der Waals surface area contributed by atoms with Gasteiger partial charge in [0.25, 0.3) is 17.2 Å². The number of nitrogens with one attached hydrogen (secondary N) is 2. The van der Waals surface area contributed by atoms with E-state index in [0.29, 0.717) is 60.0 Å². The number of fused-ring (bicyclic) bond motifs is 2. The van der Waals surface area contributed by atoms with E-state index in [1.54, 1.807) is 12.1 Å². The van der Waals surface area contributed by atoms with Gasteiger partial charge in [0.2, 0.25) is 16.0 Å². The predicted molar refractivity (Wildman–Crippen MR) is 170 cm³/mol. The second-order valence-corrected chi connectivity index (χ2v) is 13.1. The third-order valence-electron chi connectivity index (χ3n) is 8.62. The zero-order valence-electron chi connectivity index (χ0n) is 25.5. The molecule has 0 radical (unpaired) electrons. The summed E-state index contributed by atoms with van der Waals surface area (Å²) in [7, 11) is -1.07. The Bertz CT molecular complexity index is 2010. The predicted octanol–water partition coefficient (Wildman–Crippen LogP) is 2.48. The smallest absolute Gasteiger partial charge is 0.289 e. The Morgan fingerprint density at radius 3 is 2.66 bits per heavy atom. The van der Waals surface area contributed by atoms with Gasteiger partial charge in [-0.3, -0.25) is 24.7 Å². The number of nitrogens with zero attached hydrogens (tertiary/aromatic N) is 6. The number of nitro groups is 1. The van der Waals surface area contributed by atoms with Crippen molar-refractivity contribution in [2.45, 2.75) is 49.2 Å². The molecule has 246 valence electrons. The average Bonchev–Trinajstić information content (AvgIpc) is 3.08. The summed E-state index contributed by atoms with van der Waals surface area (Å²) >= 11 is 0. The Balaban J connectivity index is 1.29. The van der Waals surface area contributed by atoms with Crippen LogP contribution in [0.1, 0.15) is 25.7 Å². The number of carbonyl (C=O) groups excluding carboxylic acids is 1. The number of sulfonamides is 1. The summed E-state index contributed by atoms with van der Waals surface area (Å²) in [6, 6.07) is 8.94. The molecule has 0 spiro atoms. The fraction of sp³-hybridized carbons (Fsp3) is 0.367. The van der Waals surface area contributed by atoms with E-state index < -0.39 is 31.6 Å². The van der Waals surface area contributed by atoms with E-state index in [9.17, 15) is 28.1 Å². The molecular formula is C30H32N8O8S. The molecule has 1 aliphatic carbocycles. The van der Waals surface area contributed by atoms with Crippen LogP contribution in [0.2, 0.25) is 0 Å². The van der Waals surface area contributed by atoms with Gasteiger partial charge in [-0.25, -0.2) is 18.1 Å². The van der Waals surface area contributed by atoms with Gasteiger partial charge in [-0.05, 0) is 43.7 Å². The third-order valence-corrected chi connectivity index (χ3v) is 10.2. The maximum absolute atomic E-state index is 13.7. The van der Waals surface area contributed by atoms with Crippen LogP contribution in [-0.4, -0.2) is 71.6 Å². The highest BCUT2D eigenvalue weighted by molar-refractivity contribution is 7.89. The Morgan fingerprint density at radius 1 is 1.15 bits per heavy atom. The van der Waals surface area contributed by atoms with Crippen LogP contribution in [0.5, 0.6) is 11.5 Å². The third kappa shape index (κ3) is 6.57.